The molecule has 3 aromatic rings. The highest BCUT2D eigenvalue weighted by atomic mass is 35.5. The van der Waals surface area contributed by atoms with Gasteiger partial charge in [0.2, 0.25) is 11.8 Å². The topological polar surface area (TPSA) is 88.9 Å². The highest BCUT2D eigenvalue weighted by molar-refractivity contribution is 7.99. The van der Waals surface area contributed by atoms with E-state index in [1.807, 2.05) is 6.92 Å². The fourth-order valence-corrected chi connectivity index (χ4v) is 3.55. The van der Waals surface area contributed by atoms with E-state index in [-0.39, 0.29) is 29.8 Å². The number of carbonyl (C=O) groups is 2. The summed E-state index contributed by atoms with van der Waals surface area (Å²) < 4.78 is 14.6. The minimum atomic E-state index is -0.377. The van der Waals surface area contributed by atoms with Gasteiger partial charge in [-0.2, -0.15) is 0 Å². The Balaban J connectivity index is 1.53. The predicted octanol–water partition coefficient (Wildman–Crippen LogP) is 3.83. The molecule has 2 aromatic carbocycles. The Bertz CT molecular complexity index is 1070. The molecule has 0 fully saturated rings. The van der Waals surface area contributed by atoms with Crippen molar-refractivity contribution in [1.82, 2.24) is 14.8 Å². The van der Waals surface area contributed by atoms with Crippen LogP contribution in [0.2, 0.25) is 5.02 Å². The number of rotatable bonds is 7. The number of nitrogens with zero attached hydrogens (tertiary/aromatic N) is 3. The lowest BCUT2D eigenvalue weighted by molar-refractivity contribution is -0.116. The van der Waals surface area contributed by atoms with Crippen LogP contribution < -0.4 is 10.6 Å². The van der Waals surface area contributed by atoms with Gasteiger partial charge in [0.05, 0.1) is 12.2 Å². The number of thioether (sulfide) groups is 1. The molecule has 2 N–H and O–H groups in total. The van der Waals surface area contributed by atoms with E-state index in [0.717, 1.165) is 5.56 Å². The van der Waals surface area contributed by atoms with Crippen molar-refractivity contribution in [1.29, 1.82) is 0 Å². The molecule has 0 atom stereocenters. The van der Waals surface area contributed by atoms with Crippen LogP contribution in [0.5, 0.6) is 0 Å². The number of carbonyl (C=O) groups excluding carboxylic acids is 2. The molecule has 7 nitrogen and oxygen atoms in total. The van der Waals surface area contributed by atoms with E-state index in [9.17, 15) is 14.0 Å². The molecule has 1 heterocycles. The van der Waals surface area contributed by atoms with E-state index in [0.29, 0.717) is 27.4 Å². The molecule has 0 saturated heterocycles. The molecule has 0 spiro atoms. The van der Waals surface area contributed by atoms with Crippen LogP contribution in [0.25, 0.3) is 0 Å². The lowest BCUT2D eigenvalue weighted by Gasteiger charge is -2.08. The van der Waals surface area contributed by atoms with Crippen LogP contribution in [0.1, 0.15) is 11.4 Å². The van der Waals surface area contributed by atoms with E-state index < -0.39 is 0 Å². The number of hydrogen-bond donors (Lipinski definition) is 2. The van der Waals surface area contributed by atoms with Gasteiger partial charge in [0.1, 0.15) is 11.6 Å². The quantitative estimate of drug-likeness (QED) is 0.537. The van der Waals surface area contributed by atoms with Crippen molar-refractivity contribution in [3.63, 3.8) is 0 Å². The van der Waals surface area contributed by atoms with E-state index in [1.165, 1.54) is 36.0 Å². The summed E-state index contributed by atoms with van der Waals surface area (Å²) in [6.07, 6.45) is -0.00238. The maximum Gasteiger partial charge on any atom is 0.234 e. The Morgan fingerprint density at radius 3 is 2.53 bits per heavy atom. The van der Waals surface area contributed by atoms with Gasteiger partial charge in [0.15, 0.2) is 5.16 Å². The summed E-state index contributed by atoms with van der Waals surface area (Å²) in [6.45, 7) is 1.86. The van der Waals surface area contributed by atoms with E-state index in [4.69, 9.17) is 11.6 Å². The van der Waals surface area contributed by atoms with Crippen LogP contribution in [-0.2, 0) is 23.1 Å². The van der Waals surface area contributed by atoms with Gasteiger partial charge in [-0.15, -0.1) is 10.2 Å². The minimum absolute atomic E-state index is 0.00238. The fourth-order valence-electron chi connectivity index (χ4n) is 2.59. The summed E-state index contributed by atoms with van der Waals surface area (Å²) in [6, 6.07) is 10.7. The maximum absolute atomic E-state index is 12.9. The molecule has 0 unspecified atom stereocenters. The van der Waals surface area contributed by atoms with E-state index in [2.05, 4.69) is 20.8 Å². The summed E-state index contributed by atoms with van der Waals surface area (Å²) in [5.41, 5.74) is 2.06. The van der Waals surface area contributed by atoms with Gasteiger partial charge < -0.3 is 15.2 Å². The third-order valence-corrected chi connectivity index (χ3v) is 5.42. The number of halogens is 2. The molecule has 30 heavy (non-hydrogen) atoms. The van der Waals surface area contributed by atoms with Gasteiger partial charge in [-0.1, -0.05) is 23.4 Å². The Morgan fingerprint density at radius 2 is 1.83 bits per heavy atom. The van der Waals surface area contributed by atoms with Crippen molar-refractivity contribution in [2.75, 3.05) is 16.4 Å². The van der Waals surface area contributed by atoms with Gasteiger partial charge >= 0.3 is 0 Å². The highest BCUT2D eigenvalue weighted by Gasteiger charge is 2.15. The Hall–Kier alpha value is -2.91. The number of nitrogens with one attached hydrogen (secondary N) is 2. The van der Waals surface area contributed by atoms with Crippen LogP contribution in [0.3, 0.4) is 0 Å². The largest absolute Gasteiger partial charge is 0.326 e. The summed E-state index contributed by atoms with van der Waals surface area (Å²) >= 11 is 7.14. The van der Waals surface area contributed by atoms with Crippen molar-refractivity contribution in [3.8, 4) is 0 Å². The van der Waals surface area contributed by atoms with Gasteiger partial charge in [-0.05, 0) is 55.0 Å². The van der Waals surface area contributed by atoms with Crippen molar-refractivity contribution in [2.24, 2.45) is 7.05 Å². The number of anilines is 2. The first kappa shape index (κ1) is 21.8. The zero-order valence-electron chi connectivity index (χ0n) is 16.3. The Kier molecular flexibility index (Phi) is 7.07. The fraction of sp³-hybridized carbons (Fsp3) is 0.200. The number of aromatic nitrogens is 3. The number of benzene rings is 2. The first-order valence-electron chi connectivity index (χ1n) is 8.94. The molecule has 0 bridgehead atoms. The average Bonchev–Trinajstić information content (AvgIpc) is 3.04. The first-order chi connectivity index (χ1) is 14.3. The lowest BCUT2D eigenvalue weighted by atomic mass is 10.2. The monoisotopic (exact) mass is 447 g/mol. The van der Waals surface area contributed by atoms with Crippen molar-refractivity contribution in [3.05, 3.63) is 64.7 Å². The molecule has 10 heteroatoms. The number of aryl methyl sites for hydroxylation is 1. The summed E-state index contributed by atoms with van der Waals surface area (Å²) in [5, 5.41) is 14.7. The van der Waals surface area contributed by atoms with Crippen molar-refractivity contribution in [2.45, 2.75) is 18.5 Å². The predicted molar refractivity (Wildman–Crippen MR) is 115 cm³/mol. The molecule has 0 aliphatic rings. The standard InChI is InChI=1S/C20H19ClFN5O2S/c1-12-9-13(21)3-8-16(12)24-19(29)11-30-20-26-25-17(27(20)2)10-18(28)23-15-6-4-14(22)5-7-15/h3-9H,10-11H2,1-2H3,(H,23,28)(H,24,29). The first-order valence-corrected chi connectivity index (χ1v) is 10.3. The Morgan fingerprint density at radius 1 is 1.10 bits per heavy atom. The SMILES string of the molecule is Cc1cc(Cl)ccc1NC(=O)CSc1nnc(CC(=O)Nc2ccc(F)cc2)n1C. The van der Waals surface area contributed by atoms with Crippen LogP contribution in [-0.4, -0.2) is 32.3 Å². The minimum Gasteiger partial charge on any atom is -0.326 e. The lowest BCUT2D eigenvalue weighted by Crippen LogP contribution is -2.17. The number of amides is 2. The Labute approximate surface area is 182 Å². The van der Waals surface area contributed by atoms with Crippen LogP contribution in [0.15, 0.2) is 47.6 Å². The summed E-state index contributed by atoms with van der Waals surface area (Å²) in [4.78, 5) is 24.4. The third kappa shape index (κ3) is 5.80. The van der Waals surface area contributed by atoms with Crippen LogP contribution in [0.4, 0.5) is 15.8 Å². The van der Waals surface area contributed by atoms with Gasteiger partial charge in [-0.3, -0.25) is 9.59 Å². The zero-order chi connectivity index (χ0) is 21.7. The van der Waals surface area contributed by atoms with E-state index in [1.54, 1.807) is 29.8 Å². The molecule has 0 saturated carbocycles. The molecule has 0 aliphatic heterocycles. The highest BCUT2D eigenvalue weighted by Crippen LogP contribution is 2.21. The van der Waals surface area contributed by atoms with Crippen LogP contribution >= 0.6 is 23.4 Å². The van der Waals surface area contributed by atoms with Gasteiger partial charge in [0.25, 0.3) is 0 Å². The van der Waals surface area contributed by atoms with Gasteiger partial charge in [-0.25, -0.2) is 4.39 Å². The molecule has 0 aliphatic carbocycles. The number of hydrogen-bond acceptors (Lipinski definition) is 5. The molecule has 2 amide bonds. The molecular weight excluding hydrogens is 429 g/mol. The van der Waals surface area contributed by atoms with Crippen molar-refractivity contribution < 1.29 is 14.0 Å². The average molecular weight is 448 g/mol. The molecule has 156 valence electrons. The van der Waals surface area contributed by atoms with E-state index >= 15 is 0 Å². The summed E-state index contributed by atoms with van der Waals surface area (Å²) in [7, 11) is 1.73. The molecule has 1 aromatic heterocycles. The summed E-state index contributed by atoms with van der Waals surface area (Å²) in [5.74, 6) is -0.284. The second-order valence-electron chi connectivity index (χ2n) is 6.49. The van der Waals surface area contributed by atoms with Gasteiger partial charge in [0, 0.05) is 23.4 Å². The normalized spacial score (nSPS) is 10.7. The zero-order valence-corrected chi connectivity index (χ0v) is 17.9. The molecule has 0 radical (unpaired) electrons. The van der Waals surface area contributed by atoms with Crippen molar-refractivity contribution >= 4 is 46.6 Å². The maximum atomic E-state index is 12.9. The second-order valence-corrected chi connectivity index (χ2v) is 7.86. The van der Waals surface area contributed by atoms with Crippen LogP contribution in [0, 0.1) is 12.7 Å². The second kappa shape index (κ2) is 9.73. The third-order valence-electron chi connectivity index (χ3n) is 4.17. The smallest absolute Gasteiger partial charge is 0.234 e. The molecular formula is C20H19ClFN5O2S. The molecule has 3 rings (SSSR count).